The first kappa shape index (κ1) is 15.8. The highest BCUT2D eigenvalue weighted by Crippen LogP contribution is 2.33. The maximum absolute atomic E-state index is 6.32. The lowest BCUT2D eigenvalue weighted by molar-refractivity contribution is 0.623. The van der Waals surface area contributed by atoms with Crippen LogP contribution in [0.5, 0.6) is 0 Å². The number of rotatable bonds is 5. The maximum Gasteiger partial charge on any atom is 0.114 e. The number of hydrogen-bond acceptors (Lipinski definition) is 3. The fourth-order valence-corrected chi connectivity index (χ4v) is 3.45. The highest BCUT2D eigenvalue weighted by molar-refractivity contribution is 7.09. The molecule has 1 unspecified atom stereocenters. The molecule has 0 aliphatic carbocycles. The van der Waals surface area contributed by atoms with E-state index in [1.807, 2.05) is 12.1 Å². The highest BCUT2D eigenvalue weighted by Gasteiger charge is 2.20. The normalized spacial score (nSPS) is 12.9. The minimum Gasteiger partial charge on any atom is -0.304 e. The van der Waals surface area contributed by atoms with Gasteiger partial charge in [0.05, 0.1) is 11.7 Å². The first-order valence-corrected chi connectivity index (χ1v) is 8.30. The first-order valence-electron chi connectivity index (χ1n) is 6.66. The molecule has 0 radical (unpaired) electrons. The van der Waals surface area contributed by atoms with Crippen molar-refractivity contribution in [3.63, 3.8) is 0 Å². The Kier molecular flexibility index (Phi) is 5.44. The molecule has 0 amide bonds. The second-order valence-corrected chi connectivity index (χ2v) is 6.66. The molecule has 0 fully saturated rings. The summed E-state index contributed by atoms with van der Waals surface area (Å²) in [6, 6.07) is 5.54. The molecule has 0 aliphatic rings. The van der Waals surface area contributed by atoms with Gasteiger partial charge in [0.2, 0.25) is 0 Å². The molecular weight excluding hydrogens is 311 g/mol. The van der Waals surface area contributed by atoms with E-state index in [1.54, 1.807) is 17.4 Å². The number of nitrogens with zero attached hydrogens (tertiary/aromatic N) is 1. The van der Waals surface area contributed by atoms with Crippen LogP contribution in [-0.2, 0) is 0 Å². The van der Waals surface area contributed by atoms with Crippen LogP contribution in [-0.4, -0.2) is 11.5 Å². The monoisotopic (exact) mass is 328 g/mol. The lowest BCUT2D eigenvalue weighted by Gasteiger charge is -2.17. The van der Waals surface area contributed by atoms with E-state index in [0.717, 1.165) is 22.8 Å². The third-order valence-corrected chi connectivity index (χ3v) is 4.56. The summed E-state index contributed by atoms with van der Waals surface area (Å²) < 4.78 is 0. The van der Waals surface area contributed by atoms with Crippen molar-refractivity contribution in [3.05, 3.63) is 49.9 Å². The summed E-state index contributed by atoms with van der Waals surface area (Å²) in [5.41, 5.74) is 2.09. The maximum atomic E-state index is 6.32. The molecule has 1 heterocycles. The van der Waals surface area contributed by atoms with Crippen LogP contribution in [0.1, 0.15) is 49.0 Å². The Labute approximate surface area is 134 Å². The molecule has 1 aromatic carbocycles. The Bertz CT molecular complexity index is 581. The molecule has 2 rings (SSSR count). The van der Waals surface area contributed by atoms with Crippen molar-refractivity contribution in [2.75, 3.05) is 6.54 Å². The minimum absolute atomic E-state index is 0.0105. The Morgan fingerprint density at radius 3 is 2.65 bits per heavy atom. The van der Waals surface area contributed by atoms with E-state index in [-0.39, 0.29) is 6.04 Å². The van der Waals surface area contributed by atoms with Crippen LogP contribution in [0.25, 0.3) is 0 Å². The van der Waals surface area contributed by atoms with Gasteiger partial charge >= 0.3 is 0 Å². The second kappa shape index (κ2) is 6.90. The summed E-state index contributed by atoms with van der Waals surface area (Å²) in [5.74, 6) is 0.428. The smallest absolute Gasteiger partial charge is 0.114 e. The van der Waals surface area contributed by atoms with Gasteiger partial charge in [-0.25, -0.2) is 4.98 Å². The highest BCUT2D eigenvalue weighted by atomic mass is 35.5. The molecule has 0 spiro atoms. The van der Waals surface area contributed by atoms with Gasteiger partial charge in [0.1, 0.15) is 5.01 Å². The molecular formula is C15H18Cl2N2S. The van der Waals surface area contributed by atoms with Crippen molar-refractivity contribution in [1.29, 1.82) is 0 Å². The predicted molar refractivity (Wildman–Crippen MR) is 88.2 cm³/mol. The zero-order valence-corrected chi connectivity index (χ0v) is 14.1. The van der Waals surface area contributed by atoms with E-state index < -0.39 is 0 Å². The zero-order chi connectivity index (χ0) is 14.7. The van der Waals surface area contributed by atoms with Crippen LogP contribution in [0.15, 0.2) is 23.6 Å². The molecule has 20 heavy (non-hydrogen) atoms. The van der Waals surface area contributed by atoms with E-state index in [2.05, 4.69) is 31.5 Å². The summed E-state index contributed by atoms with van der Waals surface area (Å²) >= 11 is 14.1. The molecule has 1 aromatic heterocycles. The Morgan fingerprint density at radius 2 is 2.05 bits per heavy atom. The van der Waals surface area contributed by atoms with Crippen molar-refractivity contribution >= 4 is 34.5 Å². The molecule has 108 valence electrons. The number of thiazole rings is 1. The Hall–Kier alpha value is -0.610. The third kappa shape index (κ3) is 3.53. The average Bonchev–Trinajstić information content (AvgIpc) is 2.89. The molecule has 1 atom stereocenters. The number of hydrogen-bond donors (Lipinski definition) is 1. The SMILES string of the molecule is CCNC(c1nc(C(C)C)cs1)c1cc(Cl)ccc1Cl. The Balaban J connectivity index is 2.41. The molecule has 0 saturated carbocycles. The molecule has 1 N–H and O–H groups in total. The number of halogens is 2. The number of aromatic nitrogens is 1. The molecule has 2 nitrogen and oxygen atoms in total. The van der Waals surface area contributed by atoms with Crippen LogP contribution in [0, 0.1) is 0 Å². The van der Waals surface area contributed by atoms with Gasteiger partial charge < -0.3 is 5.32 Å². The van der Waals surface area contributed by atoms with Gasteiger partial charge in [-0.3, -0.25) is 0 Å². The summed E-state index contributed by atoms with van der Waals surface area (Å²) in [6.07, 6.45) is 0. The van der Waals surface area contributed by atoms with Crippen LogP contribution >= 0.6 is 34.5 Å². The zero-order valence-electron chi connectivity index (χ0n) is 11.8. The topological polar surface area (TPSA) is 24.9 Å². The van der Waals surface area contributed by atoms with Crippen molar-refractivity contribution in [1.82, 2.24) is 10.3 Å². The quantitative estimate of drug-likeness (QED) is 0.808. The van der Waals surface area contributed by atoms with Gasteiger partial charge in [-0.15, -0.1) is 11.3 Å². The van der Waals surface area contributed by atoms with Crippen LogP contribution in [0.3, 0.4) is 0 Å². The molecule has 5 heteroatoms. The largest absolute Gasteiger partial charge is 0.304 e. The van der Waals surface area contributed by atoms with Gasteiger partial charge in [0, 0.05) is 15.4 Å². The molecule has 0 aliphatic heterocycles. The number of benzene rings is 1. The van der Waals surface area contributed by atoms with Gasteiger partial charge in [0.15, 0.2) is 0 Å². The van der Waals surface area contributed by atoms with E-state index in [1.165, 1.54) is 0 Å². The summed E-state index contributed by atoms with van der Waals surface area (Å²) in [7, 11) is 0. The van der Waals surface area contributed by atoms with Crippen LogP contribution in [0.2, 0.25) is 10.0 Å². The average molecular weight is 329 g/mol. The van der Waals surface area contributed by atoms with Crippen LogP contribution < -0.4 is 5.32 Å². The fraction of sp³-hybridized carbons (Fsp3) is 0.400. The lowest BCUT2D eigenvalue weighted by Crippen LogP contribution is -2.22. The van der Waals surface area contributed by atoms with Gasteiger partial charge in [-0.05, 0) is 36.2 Å². The number of nitrogens with one attached hydrogen (secondary N) is 1. The molecule has 0 bridgehead atoms. The summed E-state index contributed by atoms with van der Waals surface area (Å²) in [5, 5.41) is 7.98. The van der Waals surface area contributed by atoms with Gasteiger partial charge in [0.25, 0.3) is 0 Å². The van der Waals surface area contributed by atoms with Crippen LogP contribution in [0.4, 0.5) is 0 Å². The van der Waals surface area contributed by atoms with Gasteiger partial charge in [-0.2, -0.15) is 0 Å². The molecule has 2 aromatic rings. The lowest BCUT2D eigenvalue weighted by atomic mass is 10.1. The van der Waals surface area contributed by atoms with Crippen molar-refractivity contribution in [2.24, 2.45) is 0 Å². The minimum atomic E-state index is -0.0105. The standard InChI is InChI=1S/C15H18Cl2N2S/c1-4-18-14(11-7-10(16)5-6-12(11)17)15-19-13(8-20-15)9(2)3/h5-9,14,18H,4H2,1-3H3. The van der Waals surface area contributed by atoms with E-state index in [9.17, 15) is 0 Å². The van der Waals surface area contributed by atoms with Gasteiger partial charge in [-0.1, -0.05) is 44.0 Å². The molecule has 0 saturated heterocycles. The summed E-state index contributed by atoms with van der Waals surface area (Å²) in [4.78, 5) is 4.73. The van der Waals surface area contributed by atoms with Crippen molar-refractivity contribution < 1.29 is 0 Å². The van der Waals surface area contributed by atoms with E-state index in [0.29, 0.717) is 16.0 Å². The fourth-order valence-electron chi connectivity index (χ4n) is 1.97. The first-order chi connectivity index (χ1) is 9.52. The third-order valence-electron chi connectivity index (χ3n) is 3.06. The van der Waals surface area contributed by atoms with E-state index in [4.69, 9.17) is 28.2 Å². The second-order valence-electron chi connectivity index (χ2n) is 4.92. The van der Waals surface area contributed by atoms with E-state index >= 15 is 0 Å². The van der Waals surface area contributed by atoms with Crippen molar-refractivity contribution in [2.45, 2.75) is 32.7 Å². The van der Waals surface area contributed by atoms with Crippen molar-refractivity contribution in [3.8, 4) is 0 Å². The summed E-state index contributed by atoms with van der Waals surface area (Å²) in [6.45, 7) is 7.20. The predicted octanol–water partition coefficient (Wildman–Crippen LogP) is 5.27. The Morgan fingerprint density at radius 1 is 1.30 bits per heavy atom.